The summed E-state index contributed by atoms with van der Waals surface area (Å²) in [6.07, 6.45) is 0. The summed E-state index contributed by atoms with van der Waals surface area (Å²) in [6, 6.07) is 12.6. The molecule has 0 saturated carbocycles. The summed E-state index contributed by atoms with van der Waals surface area (Å²) in [6.45, 7) is 3.33. The van der Waals surface area contributed by atoms with E-state index in [0.717, 1.165) is 14.8 Å². The van der Waals surface area contributed by atoms with Crippen LogP contribution in [0.2, 0.25) is 0 Å². The van der Waals surface area contributed by atoms with E-state index in [4.69, 9.17) is 4.74 Å². The van der Waals surface area contributed by atoms with Crippen molar-refractivity contribution in [1.82, 2.24) is 0 Å². The highest BCUT2D eigenvalue weighted by Gasteiger charge is 2.07. The largest absolute Gasteiger partial charge is 0.484 e. The van der Waals surface area contributed by atoms with Crippen molar-refractivity contribution < 1.29 is 14.3 Å². The van der Waals surface area contributed by atoms with E-state index in [2.05, 4.69) is 27.9 Å². The molecule has 0 aromatic heterocycles. The second-order valence-electron chi connectivity index (χ2n) is 4.88. The van der Waals surface area contributed by atoms with Crippen LogP contribution in [0.5, 0.6) is 5.75 Å². The molecule has 114 valence electrons. The first-order valence-corrected chi connectivity index (χ1v) is 7.83. The van der Waals surface area contributed by atoms with Gasteiger partial charge in [-0.2, -0.15) is 0 Å². The zero-order valence-electron chi connectivity index (χ0n) is 12.4. The molecule has 2 aromatic rings. The van der Waals surface area contributed by atoms with Gasteiger partial charge >= 0.3 is 0 Å². The molecular weight excluding hydrogens is 393 g/mol. The molecule has 0 radical (unpaired) electrons. The van der Waals surface area contributed by atoms with Gasteiger partial charge in [0.1, 0.15) is 5.75 Å². The second kappa shape index (κ2) is 7.40. The van der Waals surface area contributed by atoms with Gasteiger partial charge in [-0.25, -0.2) is 0 Å². The number of ketones is 1. The van der Waals surface area contributed by atoms with Gasteiger partial charge in [0.2, 0.25) is 0 Å². The van der Waals surface area contributed by atoms with Crippen LogP contribution in [0.3, 0.4) is 0 Å². The van der Waals surface area contributed by atoms with Crippen molar-refractivity contribution in [2.45, 2.75) is 13.8 Å². The van der Waals surface area contributed by atoms with Crippen molar-refractivity contribution in [3.63, 3.8) is 0 Å². The molecule has 0 atom stereocenters. The standard InChI is InChI=1S/C17H16INO3/c1-11-8-14(18)6-7-16(11)19-17(21)10-22-15-5-3-4-13(9-15)12(2)20/h3-9H,10H2,1-2H3,(H,19,21). The summed E-state index contributed by atoms with van der Waals surface area (Å²) < 4.78 is 6.54. The number of hydrogen-bond acceptors (Lipinski definition) is 3. The molecule has 5 heteroatoms. The molecule has 0 aliphatic heterocycles. The van der Waals surface area contributed by atoms with Crippen LogP contribution in [0.1, 0.15) is 22.8 Å². The molecule has 1 N–H and O–H groups in total. The molecule has 4 nitrogen and oxygen atoms in total. The number of hydrogen-bond donors (Lipinski definition) is 1. The molecular formula is C17H16INO3. The summed E-state index contributed by atoms with van der Waals surface area (Å²) in [7, 11) is 0. The van der Waals surface area contributed by atoms with Gasteiger partial charge in [-0.3, -0.25) is 9.59 Å². The van der Waals surface area contributed by atoms with Crippen molar-refractivity contribution in [1.29, 1.82) is 0 Å². The molecule has 1 amide bonds. The van der Waals surface area contributed by atoms with E-state index in [-0.39, 0.29) is 18.3 Å². The fourth-order valence-corrected chi connectivity index (χ4v) is 2.55. The predicted molar refractivity (Wildman–Crippen MR) is 94.5 cm³/mol. The normalized spacial score (nSPS) is 10.1. The Bertz CT molecular complexity index is 713. The van der Waals surface area contributed by atoms with E-state index in [1.165, 1.54) is 6.92 Å². The van der Waals surface area contributed by atoms with E-state index < -0.39 is 0 Å². The van der Waals surface area contributed by atoms with Gasteiger partial charge in [0, 0.05) is 14.8 Å². The Balaban J connectivity index is 1.95. The maximum atomic E-state index is 11.9. The van der Waals surface area contributed by atoms with Crippen LogP contribution < -0.4 is 10.1 Å². The summed E-state index contributed by atoms with van der Waals surface area (Å²) in [5.74, 6) is 0.226. The Hall–Kier alpha value is -1.89. The van der Waals surface area contributed by atoms with Gasteiger partial charge in [-0.05, 0) is 72.3 Å². The fraction of sp³-hybridized carbons (Fsp3) is 0.176. The lowest BCUT2D eigenvalue weighted by Gasteiger charge is -2.10. The number of carbonyl (C=O) groups is 2. The first-order valence-electron chi connectivity index (χ1n) is 6.75. The summed E-state index contributed by atoms with van der Waals surface area (Å²) >= 11 is 2.22. The van der Waals surface area contributed by atoms with E-state index in [0.29, 0.717) is 11.3 Å². The van der Waals surface area contributed by atoms with Crippen LogP contribution in [0.15, 0.2) is 42.5 Å². The quantitative estimate of drug-likeness (QED) is 0.604. The van der Waals surface area contributed by atoms with E-state index in [9.17, 15) is 9.59 Å². The Labute approximate surface area is 143 Å². The third-order valence-corrected chi connectivity index (χ3v) is 3.74. The third kappa shape index (κ3) is 4.56. The van der Waals surface area contributed by atoms with Crippen molar-refractivity contribution >= 4 is 40.0 Å². The monoisotopic (exact) mass is 409 g/mol. The predicted octanol–water partition coefficient (Wildman–Crippen LogP) is 3.82. The van der Waals surface area contributed by atoms with Crippen LogP contribution in [-0.4, -0.2) is 18.3 Å². The van der Waals surface area contributed by atoms with E-state index in [1.807, 2.05) is 25.1 Å². The molecule has 0 unspecified atom stereocenters. The number of benzene rings is 2. The average molecular weight is 409 g/mol. The number of ether oxygens (including phenoxy) is 1. The molecule has 0 heterocycles. The first kappa shape index (κ1) is 16.5. The maximum absolute atomic E-state index is 11.9. The molecule has 2 rings (SSSR count). The molecule has 22 heavy (non-hydrogen) atoms. The number of halogens is 1. The second-order valence-corrected chi connectivity index (χ2v) is 6.13. The van der Waals surface area contributed by atoms with Crippen molar-refractivity contribution in [2.75, 3.05) is 11.9 Å². The van der Waals surface area contributed by atoms with Gasteiger partial charge in [-0.15, -0.1) is 0 Å². The average Bonchev–Trinajstić information content (AvgIpc) is 2.48. The van der Waals surface area contributed by atoms with Crippen molar-refractivity contribution in [3.8, 4) is 5.75 Å². The van der Waals surface area contributed by atoms with Crippen LogP contribution in [0, 0.1) is 10.5 Å². The van der Waals surface area contributed by atoms with Gasteiger partial charge in [0.05, 0.1) is 0 Å². The van der Waals surface area contributed by atoms with Gasteiger partial charge in [0.15, 0.2) is 12.4 Å². The number of Topliss-reactive ketones (excluding diaryl/α,β-unsaturated/α-hetero) is 1. The van der Waals surface area contributed by atoms with Crippen LogP contribution in [-0.2, 0) is 4.79 Å². The molecule has 0 aliphatic carbocycles. The number of rotatable bonds is 5. The first-order chi connectivity index (χ1) is 10.5. The SMILES string of the molecule is CC(=O)c1cccc(OCC(=O)Nc2ccc(I)cc2C)c1. The molecule has 0 bridgehead atoms. The number of carbonyl (C=O) groups excluding carboxylic acids is 2. The van der Waals surface area contributed by atoms with Gasteiger partial charge < -0.3 is 10.1 Å². The molecule has 0 spiro atoms. The third-order valence-electron chi connectivity index (χ3n) is 3.07. The Morgan fingerprint density at radius 1 is 1.18 bits per heavy atom. The van der Waals surface area contributed by atoms with Crippen LogP contribution in [0.4, 0.5) is 5.69 Å². The highest BCUT2D eigenvalue weighted by Crippen LogP contribution is 2.18. The highest BCUT2D eigenvalue weighted by atomic mass is 127. The number of aryl methyl sites for hydroxylation is 1. The Morgan fingerprint density at radius 2 is 1.95 bits per heavy atom. The van der Waals surface area contributed by atoms with Crippen molar-refractivity contribution in [3.05, 3.63) is 57.2 Å². The van der Waals surface area contributed by atoms with E-state index in [1.54, 1.807) is 24.3 Å². The topological polar surface area (TPSA) is 55.4 Å². The zero-order valence-corrected chi connectivity index (χ0v) is 14.5. The number of nitrogens with one attached hydrogen (secondary N) is 1. The van der Waals surface area contributed by atoms with Crippen molar-refractivity contribution in [2.24, 2.45) is 0 Å². The minimum atomic E-state index is -0.238. The lowest BCUT2D eigenvalue weighted by Crippen LogP contribution is -2.20. The van der Waals surface area contributed by atoms with Gasteiger partial charge in [-0.1, -0.05) is 12.1 Å². The lowest BCUT2D eigenvalue weighted by atomic mass is 10.1. The molecule has 0 fully saturated rings. The number of anilines is 1. The zero-order chi connectivity index (χ0) is 16.1. The summed E-state index contributed by atoms with van der Waals surface area (Å²) in [5.41, 5.74) is 2.33. The molecule has 2 aromatic carbocycles. The summed E-state index contributed by atoms with van der Waals surface area (Å²) in [5, 5.41) is 2.81. The van der Waals surface area contributed by atoms with Crippen LogP contribution in [0.25, 0.3) is 0 Å². The van der Waals surface area contributed by atoms with E-state index >= 15 is 0 Å². The fourth-order valence-electron chi connectivity index (χ4n) is 1.91. The highest BCUT2D eigenvalue weighted by molar-refractivity contribution is 14.1. The van der Waals surface area contributed by atoms with Gasteiger partial charge in [0.25, 0.3) is 5.91 Å². The summed E-state index contributed by atoms with van der Waals surface area (Å²) in [4.78, 5) is 23.2. The minimum absolute atomic E-state index is 0.0376. The Kier molecular flexibility index (Phi) is 5.54. The molecule has 0 aliphatic rings. The smallest absolute Gasteiger partial charge is 0.262 e. The Morgan fingerprint density at radius 3 is 2.64 bits per heavy atom. The minimum Gasteiger partial charge on any atom is -0.484 e. The lowest BCUT2D eigenvalue weighted by molar-refractivity contribution is -0.118. The van der Waals surface area contributed by atoms with Crippen LogP contribution >= 0.6 is 22.6 Å². The number of amides is 1. The maximum Gasteiger partial charge on any atom is 0.262 e. The molecule has 0 saturated heterocycles.